The van der Waals surface area contributed by atoms with Gasteiger partial charge in [0.1, 0.15) is 17.4 Å². The van der Waals surface area contributed by atoms with Crippen LogP contribution in [0.5, 0.6) is 5.75 Å². The summed E-state index contributed by atoms with van der Waals surface area (Å²) in [6.45, 7) is 1.84. The fourth-order valence-corrected chi connectivity index (χ4v) is 2.27. The fourth-order valence-electron chi connectivity index (χ4n) is 2.27. The number of rotatable bonds is 7. The molecule has 138 valence electrons. The van der Waals surface area contributed by atoms with Crippen molar-refractivity contribution in [1.29, 1.82) is 5.26 Å². The predicted octanol–water partition coefficient (Wildman–Crippen LogP) is 2.77. The monoisotopic (exact) mass is 364 g/mol. The van der Waals surface area contributed by atoms with Crippen LogP contribution >= 0.6 is 0 Å². The number of amides is 1. The minimum atomic E-state index is -0.848. The molecule has 0 aliphatic heterocycles. The second-order valence-corrected chi connectivity index (χ2v) is 5.72. The van der Waals surface area contributed by atoms with Crippen molar-refractivity contribution in [2.75, 3.05) is 13.7 Å². The first-order chi connectivity index (χ1) is 13.0. The minimum Gasteiger partial charge on any atom is -0.497 e. The molecule has 1 N–H and O–H groups in total. The molecule has 0 aliphatic carbocycles. The van der Waals surface area contributed by atoms with Crippen molar-refractivity contribution in [2.45, 2.75) is 13.5 Å². The second-order valence-electron chi connectivity index (χ2n) is 5.72. The average molecular weight is 364 g/mol. The van der Waals surface area contributed by atoms with Gasteiger partial charge in [-0.3, -0.25) is 4.79 Å². The van der Waals surface area contributed by atoms with Gasteiger partial charge < -0.3 is 14.8 Å². The zero-order valence-corrected chi connectivity index (χ0v) is 15.2. The van der Waals surface area contributed by atoms with Crippen molar-refractivity contribution >= 4 is 18.0 Å². The third-order valence-electron chi connectivity index (χ3n) is 3.84. The van der Waals surface area contributed by atoms with Gasteiger partial charge in [0.2, 0.25) is 0 Å². The summed E-state index contributed by atoms with van der Waals surface area (Å²) < 4.78 is 9.98. The van der Waals surface area contributed by atoms with Crippen molar-refractivity contribution in [3.8, 4) is 11.8 Å². The summed E-state index contributed by atoms with van der Waals surface area (Å²) >= 11 is 0. The van der Waals surface area contributed by atoms with Gasteiger partial charge in [0, 0.05) is 6.54 Å². The summed E-state index contributed by atoms with van der Waals surface area (Å²) in [5.74, 6) is -0.619. The van der Waals surface area contributed by atoms with E-state index in [0.29, 0.717) is 17.9 Å². The number of ether oxygens (including phenoxy) is 2. The Morgan fingerprint density at radius 3 is 2.48 bits per heavy atom. The van der Waals surface area contributed by atoms with E-state index in [9.17, 15) is 9.59 Å². The second kappa shape index (κ2) is 9.78. The Kier molecular flexibility index (Phi) is 7.15. The molecule has 0 atom stereocenters. The number of esters is 1. The largest absolute Gasteiger partial charge is 0.497 e. The first-order valence-electron chi connectivity index (χ1n) is 8.27. The zero-order valence-electron chi connectivity index (χ0n) is 15.2. The highest BCUT2D eigenvalue weighted by atomic mass is 16.5. The first kappa shape index (κ1) is 19.7. The van der Waals surface area contributed by atoms with Crippen molar-refractivity contribution in [1.82, 2.24) is 5.32 Å². The van der Waals surface area contributed by atoms with E-state index < -0.39 is 18.5 Å². The van der Waals surface area contributed by atoms with Crippen LogP contribution in [-0.4, -0.2) is 25.6 Å². The maximum Gasteiger partial charge on any atom is 0.349 e. The molecule has 0 unspecified atom stereocenters. The Morgan fingerprint density at radius 2 is 1.85 bits per heavy atom. The summed E-state index contributed by atoms with van der Waals surface area (Å²) in [4.78, 5) is 23.9. The minimum absolute atomic E-state index is 0.188. The number of nitrogens with zero attached hydrogens (tertiary/aromatic N) is 1. The Labute approximate surface area is 158 Å². The summed E-state index contributed by atoms with van der Waals surface area (Å²) in [7, 11) is 1.55. The van der Waals surface area contributed by atoms with Crippen LogP contribution in [0.2, 0.25) is 0 Å². The fraction of sp³-hybridized carbons (Fsp3) is 0.190. The van der Waals surface area contributed by atoms with Gasteiger partial charge in [-0.2, -0.15) is 5.26 Å². The normalized spacial score (nSPS) is 10.6. The molecular weight excluding hydrogens is 344 g/mol. The number of carbonyl (C=O) groups excluding carboxylic acids is 2. The molecule has 0 aromatic heterocycles. The highest BCUT2D eigenvalue weighted by molar-refractivity contribution is 5.98. The number of hydrogen-bond donors (Lipinski definition) is 1. The van der Waals surface area contributed by atoms with Crippen LogP contribution in [0.4, 0.5) is 0 Å². The number of aryl methyl sites for hydroxylation is 1. The summed E-state index contributed by atoms with van der Waals surface area (Å²) in [6, 6.07) is 16.3. The molecule has 0 fully saturated rings. The van der Waals surface area contributed by atoms with Crippen molar-refractivity contribution in [3.05, 3.63) is 70.8 Å². The Balaban J connectivity index is 1.88. The van der Waals surface area contributed by atoms with Gasteiger partial charge in [-0.05, 0) is 41.8 Å². The Bertz CT molecular complexity index is 880. The van der Waals surface area contributed by atoms with E-state index in [1.54, 1.807) is 37.4 Å². The van der Waals surface area contributed by atoms with Crippen LogP contribution in [0.3, 0.4) is 0 Å². The van der Waals surface area contributed by atoms with Crippen LogP contribution in [0, 0.1) is 18.3 Å². The van der Waals surface area contributed by atoms with Gasteiger partial charge in [-0.25, -0.2) is 4.79 Å². The van der Waals surface area contributed by atoms with Crippen molar-refractivity contribution < 1.29 is 19.1 Å². The number of methoxy groups -OCH3 is 1. The standard InChI is InChI=1S/C21H20N2O4/c1-15-5-3-4-6-17(15)13-23-20(24)14-27-21(25)18(12-22)11-16-7-9-19(26-2)10-8-16/h3-11H,13-14H2,1-2H3,(H,23,24)/b18-11+. The van der Waals surface area contributed by atoms with E-state index in [2.05, 4.69) is 5.32 Å². The predicted molar refractivity (Wildman–Crippen MR) is 101 cm³/mol. The van der Waals surface area contributed by atoms with Gasteiger partial charge in [-0.1, -0.05) is 36.4 Å². The molecule has 6 heteroatoms. The molecule has 2 rings (SSSR count). The zero-order chi connectivity index (χ0) is 19.6. The third kappa shape index (κ3) is 6.01. The molecule has 0 saturated heterocycles. The molecule has 0 saturated carbocycles. The molecule has 6 nitrogen and oxygen atoms in total. The van der Waals surface area contributed by atoms with Gasteiger partial charge in [-0.15, -0.1) is 0 Å². The first-order valence-corrected chi connectivity index (χ1v) is 8.27. The van der Waals surface area contributed by atoms with E-state index >= 15 is 0 Å². The van der Waals surface area contributed by atoms with Crippen LogP contribution in [-0.2, 0) is 20.9 Å². The van der Waals surface area contributed by atoms with Crippen LogP contribution in [0.1, 0.15) is 16.7 Å². The smallest absolute Gasteiger partial charge is 0.349 e. The van der Waals surface area contributed by atoms with Gasteiger partial charge >= 0.3 is 5.97 Å². The van der Waals surface area contributed by atoms with E-state index in [1.807, 2.05) is 31.2 Å². The summed E-state index contributed by atoms with van der Waals surface area (Å²) in [5.41, 5.74) is 2.50. The molecule has 0 radical (unpaired) electrons. The molecule has 0 bridgehead atoms. The number of benzene rings is 2. The van der Waals surface area contributed by atoms with Gasteiger partial charge in [0.05, 0.1) is 7.11 Å². The van der Waals surface area contributed by atoms with Crippen molar-refractivity contribution in [3.63, 3.8) is 0 Å². The Morgan fingerprint density at radius 1 is 1.15 bits per heavy atom. The van der Waals surface area contributed by atoms with Crippen LogP contribution in [0.15, 0.2) is 54.1 Å². The lowest BCUT2D eigenvalue weighted by Gasteiger charge is -2.08. The molecule has 2 aromatic rings. The number of nitriles is 1. The molecule has 2 aromatic carbocycles. The third-order valence-corrected chi connectivity index (χ3v) is 3.84. The highest BCUT2D eigenvalue weighted by Gasteiger charge is 2.13. The van der Waals surface area contributed by atoms with E-state index in [1.165, 1.54) is 6.08 Å². The number of nitrogens with one attached hydrogen (secondary N) is 1. The van der Waals surface area contributed by atoms with Crippen LogP contribution < -0.4 is 10.1 Å². The van der Waals surface area contributed by atoms with Crippen LogP contribution in [0.25, 0.3) is 6.08 Å². The molecule has 1 amide bonds. The molecule has 0 heterocycles. The lowest BCUT2D eigenvalue weighted by atomic mass is 10.1. The molecule has 0 spiro atoms. The Hall–Kier alpha value is -3.59. The van der Waals surface area contributed by atoms with E-state index in [0.717, 1.165) is 11.1 Å². The number of hydrogen-bond acceptors (Lipinski definition) is 5. The summed E-state index contributed by atoms with van der Waals surface area (Å²) in [5, 5.41) is 11.8. The SMILES string of the molecule is COc1ccc(/C=C(\C#N)C(=O)OCC(=O)NCc2ccccc2C)cc1. The molecule has 27 heavy (non-hydrogen) atoms. The topological polar surface area (TPSA) is 88.4 Å². The quantitative estimate of drug-likeness (QED) is 0.464. The van der Waals surface area contributed by atoms with E-state index in [-0.39, 0.29) is 5.57 Å². The van der Waals surface area contributed by atoms with Gasteiger partial charge in [0.15, 0.2) is 6.61 Å². The highest BCUT2D eigenvalue weighted by Crippen LogP contribution is 2.14. The lowest BCUT2D eigenvalue weighted by molar-refractivity contribution is -0.144. The molecule has 0 aliphatic rings. The maximum absolute atomic E-state index is 12.0. The maximum atomic E-state index is 12.0. The lowest BCUT2D eigenvalue weighted by Crippen LogP contribution is -2.28. The average Bonchev–Trinajstić information content (AvgIpc) is 2.70. The molecular formula is C21H20N2O4. The van der Waals surface area contributed by atoms with Gasteiger partial charge in [0.25, 0.3) is 5.91 Å². The number of carbonyl (C=O) groups is 2. The van der Waals surface area contributed by atoms with E-state index in [4.69, 9.17) is 14.7 Å². The van der Waals surface area contributed by atoms with Crippen molar-refractivity contribution in [2.24, 2.45) is 0 Å². The summed E-state index contributed by atoms with van der Waals surface area (Å²) in [6.07, 6.45) is 1.40.